The van der Waals surface area contributed by atoms with Crippen LogP contribution in [0.5, 0.6) is 0 Å². The van der Waals surface area contributed by atoms with Crippen molar-refractivity contribution in [3.05, 3.63) is 0 Å². The van der Waals surface area contributed by atoms with Crippen LogP contribution in [0, 0.1) is 0 Å². The Morgan fingerprint density at radius 1 is 0.833 bits per heavy atom. The largest absolute Gasteiger partial charge is 0.391 e. The van der Waals surface area contributed by atoms with E-state index in [1.807, 2.05) is 0 Å². The molecule has 0 aromatic heterocycles. The fourth-order valence-electron chi connectivity index (χ4n) is 0.664. The Labute approximate surface area is 82.1 Å². The van der Waals surface area contributed by atoms with Gasteiger partial charge in [0.15, 0.2) is 0 Å². The first kappa shape index (κ1) is 12.5. The maximum atomic E-state index is 9.17. The molecular formula is C6H14O4S2. The molecule has 0 saturated carbocycles. The molecule has 0 aliphatic rings. The van der Waals surface area contributed by atoms with E-state index < -0.39 is 29.0 Å². The minimum atomic E-state index is -1.44. The van der Waals surface area contributed by atoms with E-state index in [2.05, 4.69) is 25.3 Å². The highest BCUT2D eigenvalue weighted by atomic mass is 32.2. The third-order valence-corrected chi connectivity index (χ3v) is 2.11. The van der Waals surface area contributed by atoms with E-state index in [0.29, 0.717) is 0 Å². The van der Waals surface area contributed by atoms with Crippen LogP contribution in [-0.4, -0.2) is 49.4 Å². The highest BCUT2D eigenvalue weighted by Crippen LogP contribution is 2.14. The van der Waals surface area contributed by atoms with Crippen LogP contribution in [0.3, 0.4) is 0 Å². The van der Waals surface area contributed by atoms with Gasteiger partial charge in [-0.05, 0) is 6.92 Å². The van der Waals surface area contributed by atoms with Crippen molar-refractivity contribution in [2.45, 2.75) is 35.9 Å². The Balaban J connectivity index is 4.08. The predicted molar refractivity (Wildman–Crippen MR) is 51.5 cm³/mol. The van der Waals surface area contributed by atoms with E-state index in [-0.39, 0.29) is 0 Å². The van der Waals surface area contributed by atoms with E-state index in [9.17, 15) is 0 Å². The van der Waals surface area contributed by atoms with Crippen molar-refractivity contribution in [3.8, 4) is 0 Å². The van der Waals surface area contributed by atoms with Gasteiger partial charge in [-0.25, -0.2) is 0 Å². The van der Waals surface area contributed by atoms with E-state index in [4.69, 9.17) is 20.4 Å². The quantitative estimate of drug-likeness (QED) is 0.258. The fourth-order valence-corrected chi connectivity index (χ4v) is 1.02. The smallest absolute Gasteiger partial charge is 0.110 e. The van der Waals surface area contributed by atoms with Crippen LogP contribution in [0.15, 0.2) is 0 Å². The molecule has 0 aromatic rings. The summed E-state index contributed by atoms with van der Waals surface area (Å²) < 4.78 is -0.756. The van der Waals surface area contributed by atoms with Crippen LogP contribution >= 0.6 is 25.3 Å². The van der Waals surface area contributed by atoms with Crippen LogP contribution in [0.25, 0.3) is 0 Å². The van der Waals surface area contributed by atoms with E-state index in [0.717, 1.165) is 0 Å². The van der Waals surface area contributed by atoms with Gasteiger partial charge in [0, 0.05) is 0 Å². The second-order valence-electron chi connectivity index (χ2n) is 2.63. The summed E-state index contributed by atoms with van der Waals surface area (Å²) in [5.74, 6) is 0. The van der Waals surface area contributed by atoms with Crippen LogP contribution in [-0.2, 0) is 0 Å². The Bertz CT molecular complexity index is 117. The van der Waals surface area contributed by atoms with E-state index in [1.54, 1.807) is 0 Å². The first-order valence-corrected chi connectivity index (χ1v) is 4.49. The Kier molecular flexibility index (Phi) is 5.55. The van der Waals surface area contributed by atoms with Crippen molar-refractivity contribution in [1.29, 1.82) is 0 Å². The fraction of sp³-hybridized carbons (Fsp3) is 1.00. The number of hydrogen-bond acceptors (Lipinski definition) is 6. The van der Waals surface area contributed by atoms with Gasteiger partial charge in [-0.1, -0.05) is 0 Å². The maximum absolute atomic E-state index is 9.17. The monoisotopic (exact) mass is 214 g/mol. The molecule has 6 heteroatoms. The van der Waals surface area contributed by atoms with Gasteiger partial charge < -0.3 is 20.4 Å². The topological polar surface area (TPSA) is 80.9 Å². The summed E-state index contributed by atoms with van der Waals surface area (Å²) in [7, 11) is 0. The molecule has 0 rings (SSSR count). The first-order valence-electron chi connectivity index (χ1n) is 3.46. The van der Waals surface area contributed by atoms with E-state index >= 15 is 0 Å². The van der Waals surface area contributed by atoms with Crippen molar-refractivity contribution >= 4 is 25.3 Å². The first-order chi connectivity index (χ1) is 5.37. The van der Waals surface area contributed by atoms with Crippen LogP contribution in [0.2, 0.25) is 0 Å². The molecule has 12 heavy (non-hydrogen) atoms. The number of rotatable bonds is 4. The highest BCUT2D eigenvalue weighted by molar-refractivity contribution is 7.99. The average Bonchev–Trinajstić information content (AvgIpc) is 2.00. The van der Waals surface area contributed by atoms with Gasteiger partial charge in [-0.15, -0.1) is 0 Å². The zero-order valence-corrected chi connectivity index (χ0v) is 8.36. The summed E-state index contributed by atoms with van der Waals surface area (Å²) in [6.45, 7) is 1.31. The molecule has 4 nitrogen and oxygen atoms in total. The van der Waals surface area contributed by atoms with E-state index in [1.165, 1.54) is 6.92 Å². The van der Waals surface area contributed by atoms with Gasteiger partial charge in [0.05, 0.1) is 10.7 Å². The van der Waals surface area contributed by atoms with Crippen molar-refractivity contribution < 1.29 is 20.4 Å². The summed E-state index contributed by atoms with van der Waals surface area (Å²) in [6.07, 6.45) is -5.21. The molecular weight excluding hydrogens is 200 g/mol. The molecule has 1 unspecified atom stereocenters. The van der Waals surface area contributed by atoms with Gasteiger partial charge in [0.2, 0.25) is 0 Å². The van der Waals surface area contributed by atoms with Crippen molar-refractivity contribution in [2.75, 3.05) is 0 Å². The Hall–Kier alpha value is 0.540. The van der Waals surface area contributed by atoms with Crippen LogP contribution in [0.1, 0.15) is 6.92 Å². The second kappa shape index (κ2) is 5.31. The lowest BCUT2D eigenvalue weighted by Crippen LogP contribution is -2.45. The van der Waals surface area contributed by atoms with Crippen molar-refractivity contribution in [3.63, 3.8) is 0 Å². The minimum absolute atomic E-state index is 0.756. The molecule has 0 fully saturated rings. The van der Waals surface area contributed by atoms with Gasteiger partial charge in [0.25, 0.3) is 0 Å². The van der Waals surface area contributed by atoms with Gasteiger partial charge in [-0.2, -0.15) is 25.3 Å². The number of aliphatic hydroxyl groups is 4. The standard InChI is InChI=1S/C6H14O4S2/c1-2(7)3(8)4(9)5(10)6(11)12/h2-12H,1H3/t2?,3-,4+,5+/m0/s1. The average molecular weight is 214 g/mol. The normalized spacial score (nSPS) is 22.0. The number of aliphatic hydroxyl groups excluding tert-OH is 4. The molecule has 0 bridgehead atoms. The van der Waals surface area contributed by atoms with Crippen molar-refractivity contribution in [1.82, 2.24) is 0 Å². The maximum Gasteiger partial charge on any atom is 0.110 e. The molecule has 4 atom stereocenters. The second-order valence-corrected chi connectivity index (χ2v) is 4.15. The summed E-state index contributed by atoms with van der Waals surface area (Å²) in [5, 5.41) is 36.2. The molecule has 0 saturated heterocycles. The summed E-state index contributed by atoms with van der Waals surface area (Å²) >= 11 is 7.51. The minimum Gasteiger partial charge on any atom is -0.391 e. The van der Waals surface area contributed by atoms with Crippen LogP contribution in [0.4, 0.5) is 0 Å². The highest BCUT2D eigenvalue weighted by Gasteiger charge is 2.30. The predicted octanol–water partition coefficient (Wildman–Crippen LogP) is -1.36. The van der Waals surface area contributed by atoms with Gasteiger partial charge >= 0.3 is 0 Å². The van der Waals surface area contributed by atoms with Crippen molar-refractivity contribution in [2.24, 2.45) is 0 Å². The summed E-state index contributed by atoms with van der Waals surface area (Å²) in [6, 6.07) is 0. The zero-order valence-electron chi connectivity index (χ0n) is 6.57. The molecule has 0 amide bonds. The molecule has 0 aliphatic carbocycles. The third kappa shape index (κ3) is 3.51. The lowest BCUT2D eigenvalue weighted by atomic mass is 10.1. The molecule has 0 spiro atoms. The Morgan fingerprint density at radius 3 is 1.50 bits per heavy atom. The van der Waals surface area contributed by atoms with Gasteiger partial charge in [0.1, 0.15) is 18.3 Å². The lowest BCUT2D eigenvalue weighted by molar-refractivity contribution is -0.0950. The van der Waals surface area contributed by atoms with Crippen LogP contribution < -0.4 is 0 Å². The Morgan fingerprint density at radius 2 is 1.25 bits per heavy atom. The number of thiol groups is 2. The summed E-state index contributed by atoms with van der Waals surface area (Å²) in [5.41, 5.74) is 0. The molecule has 74 valence electrons. The number of hydrogen-bond donors (Lipinski definition) is 6. The molecule has 0 radical (unpaired) electrons. The lowest BCUT2D eigenvalue weighted by Gasteiger charge is -2.26. The third-order valence-electron chi connectivity index (χ3n) is 1.50. The molecule has 0 aliphatic heterocycles. The molecule has 0 heterocycles. The molecule has 4 N–H and O–H groups in total. The SMILES string of the molecule is CC(O)[C@H](O)[C@@H](O)[C@@H](O)C(S)S. The summed E-state index contributed by atoms with van der Waals surface area (Å²) in [4.78, 5) is 0. The zero-order chi connectivity index (χ0) is 9.89. The van der Waals surface area contributed by atoms with Gasteiger partial charge in [-0.3, -0.25) is 0 Å². The molecule has 0 aromatic carbocycles.